The molecule has 3 aromatic rings. The lowest BCUT2D eigenvalue weighted by Crippen LogP contribution is -2.29. The summed E-state index contributed by atoms with van der Waals surface area (Å²) in [4.78, 5) is 12.5. The molecule has 0 aromatic heterocycles. The van der Waals surface area contributed by atoms with Crippen molar-refractivity contribution in [2.45, 2.75) is 13.0 Å². The van der Waals surface area contributed by atoms with Crippen LogP contribution in [0.5, 0.6) is 11.5 Å². The van der Waals surface area contributed by atoms with Crippen molar-refractivity contribution in [1.82, 2.24) is 5.32 Å². The lowest BCUT2D eigenvalue weighted by molar-refractivity contribution is 0.0954. The molecule has 0 bridgehead atoms. The third-order valence-corrected chi connectivity index (χ3v) is 6.56. The van der Waals surface area contributed by atoms with Gasteiger partial charge in [-0.15, -0.1) is 0 Å². The molecular formula is C25H27ClN2O5S. The van der Waals surface area contributed by atoms with Gasteiger partial charge in [0.05, 0.1) is 32.7 Å². The number of hydrogen-bond acceptors (Lipinski definition) is 5. The lowest BCUT2D eigenvalue weighted by Gasteiger charge is -2.22. The molecule has 3 rings (SSSR count). The van der Waals surface area contributed by atoms with Crippen molar-refractivity contribution in [1.29, 1.82) is 0 Å². The van der Waals surface area contributed by atoms with Crippen molar-refractivity contribution in [3.8, 4) is 11.5 Å². The van der Waals surface area contributed by atoms with E-state index < -0.39 is 10.0 Å². The van der Waals surface area contributed by atoms with Gasteiger partial charge in [0.25, 0.3) is 5.91 Å². The molecule has 0 atom stereocenters. The van der Waals surface area contributed by atoms with Gasteiger partial charge in [-0.1, -0.05) is 35.9 Å². The predicted molar refractivity (Wildman–Crippen MR) is 135 cm³/mol. The molecule has 180 valence electrons. The number of nitrogens with zero attached hydrogens (tertiary/aromatic N) is 1. The molecule has 0 unspecified atom stereocenters. The average Bonchev–Trinajstić information content (AvgIpc) is 2.82. The molecule has 0 saturated heterocycles. The Kier molecular flexibility index (Phi) is 8.41. The van der Waals surface area contributed by atoms with E-state index in [1.807, 2.05) is 18.2 Å². The highest BCUT2D eigenvalue weighted by Gasteiger charge is 2.18. The van der Waals surface area contributed by atoms with Gasteiger partial charge in [-0.05, 0) is 60.0 Å². The zero-order chi connectivity index (χ0) is 24.7. The molecule has 0 fully saturated rings. The number of anilines is 1. The molecule has 1 amide bonds. The first kappa shape index (κ1) is 25.4. The van der Waals surface area contributed by atoms with E-state index in [0.717, 1.165) is 17.4 Å². The number of amides is 1. The van der Waals surface area contributed by atoms with Crippen LogP contribution in [-0.4, -0.2) is 41.3 Å². The van der Waals surface area contributed by atoms with Crippen LogP contribution in [0.25, 0.3) is 0 Å². The van der Waals surface area contributed by atoms with Gasteiger partial charge in [0.15, 0.2) is 11.5 Å². The van der Waals surface area contributed by atoms with Gasteiger partial charge in [-0.3, -0.25) is 9.10 Å². The van der Waals surface area contributed by atoms with E-state index in [4.69, 9.17) is 21.1 Å². The normalized spacial score (nSPS) is 11.1. The Morgan fingerprint density at radius 2 is 1.62 bits per heavy atom. The first-order valence-corrected chi connectivity index (χ1v) is 12.7. The van der Waals surface area contributed by atoms with Crippen LogP contribution in [0.3, 0.4) is 0 Å². The smallest absolute Gasteiger partial charge is 0.251 e. The van der Waals surface area contributed by atoms with Crippen LogP contribution in [0.4, 0.5) is 5.69 Å². The first-order valence-electron chi connectivity index (χ1n) is 10.5. The quantitative estimate of drug-likeness (QED) is 0.447. The van der Waals surface area contributed by atoms with Crippen molar-refractivity contribution in [3.05, 3.63) is 88.4 Å². The van der Waals surface area contributed by atoms with Crippen molar-refractivity contribution in [2.75, 3.05) is 31.3 Å². The second-order valence-corrected chi connectivity index (χ2v) is 9.98. The highest BCUT2D eigenvalue weighted by molar-refractivity contribution is 7.92. The Labute approximate surface area is 205 Å². The predicted octanol–water partition coefficient (Wildman–Crippen LogP) is 4.30. The summed E-state index contributed by atoms with van der Waals surface area (Å²) in [6, 6.07) is 19.2. The number of rotatable bonds is 10. The monoisotopic (exact) mass is 502 g/mol. The highest BCUT2D eigenvalue weighted by atomic mass is 35.5. The maximum absolute atomic E-state index is 12.5. The van der Waals surface area contributed by atoms with Gasteiger partial charge in [-0.25, -0.2) is 8.42 Å². The molecule has 0 aliphatic carbocycles. The summed E-state index contributed by atoms with van der Waals surface area (Å²) in [5.74, 6) is 1.09. The molecule has 34 heavy (non-hydrogen) atoms. The zero-order valence-corrected chi connectivity index (χ0v) is 20.8. The number of benzene rings is 3. The minimum absolute atomic E-state index is 0.125. The summed E-state index contributed by atoms with van der Waals surface area (Å²) in [6.07, 6.45) is 1.78. The summed E-state index contributed by atoms with van der Waals surface area (Å²) < 4.78 is 36.5. The molecular weight excluding hydrogens is 476 g/mol. The number of halogens is 1. The van der Waals surface area contributed by atoms with Crippen LogP contribution in [0.2, 0.25) is 5.02 Å². The molecule has 0 aliphatic heterocycles. The maximum Gasteiger partial charge on any atom is 0.251 e. The van der Waals surface area contributed by atoms with Gasteiger partial charge in [0.1, 0.15) is 0 Å². The molecule has 0 spiro atoms. The van der Waals surface area contributed by atoms with Crippen LogP contribution in [0, 0.1) is 0 Å². The van der Waals surface area contributed by atoms with Crippen LogP contribution < -0.4 is 19.1 Å². The third-order valence-electron chi connectivity index (χ3n) is 5.19. The topological polar surface area (TPSA) is 84.9 Å². The molecule has 1 N–H and O–H groups in total. The fourth-order valence-corrected chi connectivity index (χ4v) is 4.48. The van der Waals surface area contributed by atoms with E-state index in [0.29, 0.717) is 40.7 Å². The summed E-state index contributed by atoms with van der Waals surface area (Å²) in [6.45, 7) is 0.576. The van der Waals surface area contributed by atoms with E-state index in [2.05, 4.69) is 5.32 Å². The van der Waals surface area contributed by atoms with E-state index in [-0.39, 0.29) is 12.5 Å². The van der Waals surface area contributed by atoms with E-state index >= 15 is 0 Å². The van der Waals surface area contributed by atoms with Gasteiger partial charge in [-0.2, -0.15) is 0 Å². The van der Waals surface area contributed by atoms with E-state index in [1.54, 1.807) is 62.8 Å². The molecule has 0 heterocycles. The van der Waals surface area contributed by atoms with Gasteiger partial charge >= 0.3 is 0 Å². The summed E-state index contributed by atoms with van der Waals surface area (Å²) >= 11 is 6.03. The van der Waals surface area contributed by atoms with Crippen molar-refractivity contribution < 1.29 is 22.7 Å². The summed E-state index contributed by atoms with van der Waals surface area (Å²) in [7, 11) is -0.366. The zero-order valence-electron chi connectivity index (χ0n) is 19.2. The molecule has 0 saturated carbocycles. The largest absolute Gasteiger partial charge is 0.493 e. The van der Waals surface area contributed by atoms with Gasteiger partial charge in [0.2, 0.25) is 10.0 Å². The fourth-order valence-electron chi connectivity index (χ4n) is 3.42. The van der Waals surface area contributed by atoms with Gasteiger partial charge in [0, 0.05) is 17.1 Å². The fraction of sp³-hybridized carbons (Fsp3) is 0.240. The van der Waals surface area contributed by atoms with Crippen LogP contribution >= 0.6 is 11.6 Å². The van der Waals surface area contributed by atoms with Crippen molar-refractivity contribution >= 4 is 33.2 Å². The average molecular weight is 503 g/mol. The number of sulfonamides is 1. The van der Waals surface area contributed by atoms with Crippen molar-refractivity contribution in [3.63, 3.8) is 0 Å². The summed E-state index contributed by atoms with van der Waals surface area (Å²) in [5.41, 5.74) is 2.72. The highest BCUT2D eigenvalue weighted by Crippen LogP contribution is 2.27. The molecule has 3 aromatic carbocycles. The Hall–Kier alpha value is -3.23. The van der Waals surface area contributed by atoms with Crippen LogP contribution in [0.15, 0.2) is 66.7 Å². The number of ether oxygens (including phenoxy) is 2. The second-order valence-electron chi connectivity index (χ2n) is 7.64. The van der Waals surface area contributed by atoms with E-state index in [1.165, 1.54) is 4.31 Å². The Bertz CT molecular complexity index is 1250. The third kappa shape index (κ3) is 6.65. The molecule has 0 radical (unpaired) electrons. The maximum atomic E-state index is 12.5. The Morgan fingerprint density at radius 3 is 2.24 bits per heavy atom. The minimum Gasteiger partial charge on any atom is -0.493 e. The molecule has 7 nitrogen and oxygen atoms in total. The molecule has 9 heteroatoms. The standard InChI is InChI=1S/C25H27ClN2O5S/c1-32-23-12-9-18(15-24(23)33-2)13-14-27-25(29)20-10-7-19(8-11-20)17-28(34(3,30)31)22-6-4-5-21(26)16-22/h4-12,15-16H,13-14,17H2,1-3H3,(H,27,29). The second kappa shape index (κ2) is 11.3. The minimum atomic E-state index is -3.53. The van der Waals surface area contributed by atoms with E-state index in [9.17, 15) is 13.2 Å². The number of carbonyl (C=O) groups is 1. The van der Waals surface area contributed by atoms with Gasteiger partial charge < -0.3 is 14.8 Å². The Morgan fingerprint density at radius 1 is 0.941 bits per heavy atom. The molecule has 0 aliphatic rings. The SMILES string of the molecule is COc1ccc(CCNC(=O)c2ccc(CN(c3cccc(Cl)c3)S(C)(=O)=O)cc2)cc1OC. The number of hydrogen-bond donors (Lipinski definition) is 1. The number of carbonyl (C=O) groups excluding carboxylic acids is 1. The first-order chi connectivity index (χ1) is 16.2. The van der Waals surface area contributed by atoms with Crippen LogP contribution in [-0.2, 0) is 23.0 Å². The number of nitrogens with one attached hydrogen (secondary N) is 1. The summed E-state index contributed by atoms with van der Waals surface area (Å²) in [5, 5.41) is 3.35. The number of methoxy groups -OCH3 is 2. The van der Waals surface area contributed by atoms with Crippen molar-refractivity contribution in [2.24, 2.45) is 0 Å². The van der Waals surface area contributed by atoms with Crippen LogP contribution in [0.1, 0.15) is 21.5 Å². The Balaban J connectivity index is 1.61. The lowest BCUT2D eigenvalue weighted by atomic mass is 10.1.